The lowest BCUT2D eigenvalue weighted by molar-refractivity contribution is -0.223. The van der Waals surface area contributed by atoms with Gasteiger partial charge in [0.1, 0.15) is 0 Å². The third-order valence-corrected chi connectivity index (χ3v) is 3.27. The van der Waals surface area contributed by atoms with E-state index in [-0.39, 0.29) is 12.6 Å². The normalized spacial score (nSPS) is 37.9. The maximum atomic E-state index is 11.6. The molecule has 0 aromatic carbocycles. The number of carbonyl (C=O) groups excluding carboxylic acids is 1. The number of aliphatic carboxylic acids is 1. The molecule has 2 heterocycles. The third kappa shape index (κ3) is 1.33. The number of carboxylic acids is 1. The van der Waals surface area contributed by atoms with Crippen LogP contribution in [0, 0.1) is 10.8 Å². The first-order valence-electron chi connectivity index (χ1n) is 5.03. The zero-order chi connectivity index (χ0) is 11.1. The zero-order valence-corrected chi connectivity index (χ0v) is 8.62. The van der Waals surface area contributed by atoms with Crippen molar-refractivity contribution in [2.45, 2.75) is 19.8 Å². The summed E-state index contributed by atoms with van der Waals surface area (Å²) in [5.41, 5.74) is -1.53. The first-order chi connectivity index (χ1) is 7.05. The lowest BCUT2D eigenvalue weighted by Gasteiger charge is -2.55. The summed E-state index contributed by atoms with van der Waals surface area (Å²) in [5.74, 6) is -1.19. The number of carboxylic acid groups (broad SMARTS) is 1. The molecule has 2 aliphatic heterocycles. The summed E-state index contributed by atoms with van der Waals surface area (Å²) in [7, 11) is 0. The van der Waals surface area contributed by atoms with Crippen LogP contribution in [0.1, 0.15) is 19.8 Å². The van der Waals surface area contributed by atoms with E-state index in [4.69, 9.17) is 14.6 Å². The van der Waals surface area contributed by atoms with Crippen LogP contribution in [0.3, 0.4) is 0 Å². The minimum absolute atomic E-state index is 0.212. The van der Waals surface area contributed by atoms with Crippen molar-refractivity contribution in [1.82, 2.24) is 0 Å². The fraction of sp³-hybridized carbons (Fsp3) is 0.800. The molecule has 5 heteroatoms. The van der Waals surface area contributed by atoms with Gasteiger partial charge in [-0.15, -0.1) is 0 Å². The summed E-state index contributed by atoms with van der Waals surface area (Å²) in [6, 6.07) is 0. The second kappa shape index (κ2) is 3.20. The summed E-state index contributed by atoms with van der Waals surface area (Å²) in [5, 5.41) is 9.03. The fourth-order valence-electron chi connectivity index (χ4n) is 2.59. The van der Waals surface area contributed by atoms with Crippen LogP contribution in [0.5, 0.6) is 0 Å². The molecule has 3 aliphatic rings. The SMILES string of the molecule is CCOC(=O)C12COCC(C(=O)O)(C1)C2. The van der Waals surface area contributed by atoms with Gasteiger partial charge in [-0.2, -0.15) is 0 Å². The Balaban J connectivity index is 2.10. The molecule has 2 bridgehead atoms. The molecule has 3 fully saturated rings. The van der Waals surface area contributed by atoms with Crippen LogP contribution in [0.2, 0.25) is 0 Å². The van der Waals surface area contributed by atoms with Gasteiger partial charge in [-0.05, 0) is 19.8 Å². The van der Waals surface area contributed by atoms with Crippen molar-refractivity contribution >= 4 is 11.9 Å². The Morgan fingerprint density at radius 3 is 2.47 bits per heavy atom. The van der Waals surface area contributed by atoms with Gasteiger partial charge in [-0.3, -0.25) is 9.59 Å². The Labute approximate surface area is 87.4 Å². The van der Waals surface area contributed by atoms with Gasteiger partial charge in [0, 0.05) is 0 Å². The van der Waals surface area contributed by atoms with E-state index >= 15 is 0 Å². The van der Waals surface area contributed by atoms with Gasteiger partial charge in [0.25, 0.3) is 0 Å². The Morgan fingerprint density at radius 2 is 1.93 bits per heavy atom. The molecule has 0 amide bonds. The Hall–Kier alpha value is -1.10. The molecule has 1 N–H and O–H groups in total. The van der Waals surface area contributed by atoms with Crippen molar-refractivity contribution < 1.29 is 24.2 Å². The molecule has 3 rings (SSSR count). The standard InChI is InChI=1S/C10H14O5/c1-2-15-8(13)10-3-9(4-10,7(11)12)5-14-6-10/h2-6H2,1H3,(H,11,12). The van der Waals surface area contributed by atoms with Gasteiger partial charge in [0.05, 0.1) is 30.7 Å². The molecule has 0 spiro atoms. The predicted octanol–water partition coefficient (Wildman–Crippen LogP) is 0.431. The second-order valence-electron chi connectivity index (χ2n) is 4.43. The van der Waals surface area contributed by atoms with Gasteiger partial charge in [0.15, 0.2) is 0 Å². The quantitative estimate of drug-likeness (QED) is 0.690. The van der Waals surface area contributed by atoms with Crippen molar-refractivity contribution in [1.29, 1.82) is 0 Å². The molecule has 0 radical (unpaired) electrons. The largest absolute Gasteiger partial charge is 0.481 e. The molecule has 84 valence electrons. The van der Waals surface area contributed by atoms with Crippen LogP contribution in [-0.2, 0) is 19.1 Å². The molecule has 1 aliphatic carbocycles. The molecule has 2 saturated heterocycles. The smallest absolute Gasteiger partial charge is 0.314 e. The molecule has 15 heavy (non-hydrogen) atoms. The van der Waals surface area contributed by atoms with Gasteiger partial charge in [-0.25, -0.2) is 0 Å². The van der Waals surface area contributed by atoms with Crippen molar-refractivity contribution in [2.75, 3.05) is 19.8 Å². The van der Waals surface area contributed by atoms with Crippen LogP contribution >= 0.6 is 0 Å². The maximum Gasteiger partial charge on any atom is 0.314 e. The summed E-state index contributed by atoms with van der Waals surface area (Å²) in [6.45, 7) is 2.56. The van der Waals surface area contributed by atoms with Crippen molar-refractivity contribution in [3.05, 3.63) is 0 Å². The average molecular weight is 214 g/mol. The van der Waals surface area contributed by atoms with E-state index in [1.54, 1.807) is 6.92 Å². The summed E-state index contributed by atoms with van der Waals surface area (Å²) in [4.78, 5) is 22.6. The number of hydrogen-bond donors (Lipinski definition) is 1. The first kappa shape index (κ1) is 10.4. The monoisotopic (exact) mass is 214 g/mol. The summed E-state index contributed by atoms with van der Waals surface area (Å²) in [6.07, 6.45) is 0.711. The molecule has 0 atom stereocenters. The second-order valence-corrected chi connectivity index (χ2v) is 4.43. The highest BCUT2D eigenvalue weighted by Crippen LogP contribution is 2.58. The van der Waals surface area contributed by atoms with E-state index in [9.17, 15) is 9.59 Å². The van der Waals surface area contributed by atoms with E-state index in [1.165, 1.54) is 0 Å². The van der Waals surface area contributed by atoms with Crippen LogP contribution < -0.4 is 0 Å². The Morgan fingerprint density at radius 1 is 1.33 bits per heavy atom. The van der Waals surface area contributed by atoms with Crippen molar-refractivity contribution in [3.63, 3.8) is 0 Å². The van der Waals surface area contributed by atoms with Crippen LogP contribution in [0.4, 0.5) is 0 Å². The van der Waals surface area contributed by atoms with Crippen molar-refractivity contribution in [2.24, 2.45) is 10.8 Å². The predicted molar refractivity (Wildman–Crippen MR) is 49.2 cm³/mol. The van der Waals surface area contributed by atoms with E-state index < -0.39 is 16.8 Å². The van der Waals surface area contributed by atoms with Gasteiger partial charge in [-0.1, -0.05) is 0 Å². The van der Waals surface area contributed by atoms with Crippen LogP contribution in [0.25, 0.3) is 0 Å². The van der Waals surface area contributed by atoms with Gasteiger partial charge < -0.3 is 14.6 Å². The Kier molecular flexibility index (Phi) is 2.22. The van der Waals surface area contributed by atoms with Crippen LogP contribution in [0.15, 0.2) is 0 Å². The number of carbonyl (C=O) groups is 2. The topological polar surface area (TPSA) is 72.8 Å². The maximum absolute atomic E-state index is 11.6. The molecule has 1 saturated carbocycles. The number of esters is 1. The van der Waals surface area contributed by atoms with E-state index in [0.717, 1.165) is 0 Å². The molecular weight excluding hydrogens is 200 g/mol. The minimum Gasteiger partial charge on any atom is -0.481 e. The number of rotatable bonds is 3. The highest BCUT2D eigenvalue weighted by atomic mass is 16.5. The van der Waals surface area contributed by atoms with Gasteiger partial charge >= 0.3 is 11.9 Å². The molecule has 5 nitrogen and oxygen atoms in total. The average Bonchev–Trinajstić information content (AvgIpc) is 2.17. The minimum atomic E-state index is -0.873. The van der Waals surface area contributed by atoms with Crippen LogP contribution in [-0.4, -0.2) is 36.9 Å². The third-order valence-electron chi connectivity index (χ3n) is 3.27. The van der Waals surface area contributed by atoms with E-state index in [0.29, 0.717) is 26.1 Å². The summed E-state index contributed by atoms with van der Waals surface area (Å²) < 4.78 is 10.1. The first-order valence-corrected chi connectivity index (χ1v) is 5.03. The van der Waals surface area contributed by atoms with Gasteiger partial charge in [0.2, 0.25) is 0 Å². The van der Waals surface area contributed by atoms with Crippen molar-refractivity contribution in [3.8, 4) is 0 Å². The number of hydrogen-bond acceptors (Lipinski definition) is 4. The fourth-order valence-corrected chi connectivity index (χ4v) is 2.59. The number of fused-ring (bicyclic) bond motifs is 2. The lowest BCUT2D eigenvalue weighted by Crippen LogP contribution is -2.63. The van der Waals surface area contributed by atoms with E-state index in [1.807, 2.05) is 0 Å². The summed E-state index contributed by atoms with van der Waals surface area (Å²) >= 11 is 0. The highest BCUT2D eigenvalue weighted by molar-refractivity contribution is 5.85. The zero-order valence-electron chi connectivity index (χ0n) is 8.62. The molecular formula is C10H14O5. The Bertz CT molecular complexity index is 303. The molecule has 0 aromatic rings. The molecule has 0 aromatic heterocycles. The van der Waals surface area contributed by atoms with E-state index in [2.05, 4.69) is 0 Å². The lowest BCUT2D eigenvalue weighted by atomic mass is 9.51. The highest BCUT2D eigenvalue weighted by Gasteiger charge is 2.66. The number of ether oxygens (including phenoxy) is 2. The molecule has 0 unspecified atom stereocenters.